The topological polar surface area (TPSA) is 41.1 Å². The van der Waals surface area contributed by atoms with Gasteiger partial charge in [-0.1, -0.05) is 18.2 Å². The lowest BCUT2D eigenvalue weighted by Gasteiger charge is -2.16. The maximum atomic E-state index is 10.4. The molecule has 1 amide bonds. The summed E-state index contributed by atoms with van der Waals surface area (Å²) in [6, 6.07) is 8.53. The van der Waals surface area contributed by atoms with Crippen molar-refractivity contribution in [2.45, 2.75) is 32.1 Å². The molecule has 3 rings (SSSR count). The molecule has 1 fully saturated rings. The van der Waals surface area contributed by atoms with Gasteiger partial charge in [-0.25, -0.2) is 0 Å². The molecule has 0 unspecified atom stereocenters. The van der Waals surface area contributed by atoms with Gasteiger partial charge in [-0.3, -0.25) is 4.79 Å². The molecule has 2 aliphatic heterocycles. The Morgan fingerprint density at radius 2 is 1.71 bits per heavy atom. The van der Waals surface area contributed by atoms with E-state index in [0.29, 0.717) is 0 Å². The fourth-order valence-electron chi connectivity index (χ4n) is 2.14. The number of hydrogen-bond donors (Lipinski definition) is 2. The highest BCUT2D eigenvalue weighted by Crippen LogP contribution is 2.20. The van der Waals surface area contributed by atoms with E-state index in [-0.39, 0.29) is 5.91 Å². The van der Waals surface area contributed by atoms with Crippen molar-refractivity contribution in [3.8, 4) is 0 Å². The van der Waals surface area contributed by atoms with Crippen molar-refractivity contribution in [2.24, 2.45) is 0 Å². The minimum atomic E-state index is 0.214. The van der Waals surface area contributed by atoms with E-state index >= 15 is 0 Å². The molecule has 0 aliphatic carbocycles. The van der Waals surface area contributed by atoms with E-state index in [9.17, 15) is 4.79 Å². The van der Waals surface area contributed by atoms with Gasteiger partial charge in [-0.05, 0) is 37.3 Å². The number of piperidine rings is 1. The first-order valence-electron chi connectivity index (χ1n) is 6.45. The standard InChI is InChI=1S/C9H11N.C5H9NO/c1-2-6-9-8(4-1)5-3-7-10-9;7-5-3-1-2-4-6-5/h1-2,4,6,10H,3,5,7H2;1-4H2,(H,6,7). The minimum Gasteiger partial charge on any atom is -0.385 e. The van der Waals surface area contributed by atoms with Crippen LogP contribution >= 0.6 is 0 Å². The zero-order valence-corrected chi connectivity index (χ0v) is 10.2. The Bertz CT molecular complexity index is 343. The van der Waals surface area contributed by atoms with Gasteiger partial charge < -0.3 is 10.6 Å². The monoisotopic (exact) mass is 232 g/mol. The number of fused-ring (bicyclic) bond motifs is 1. The molecule has 1 aromatic rings. The van der Waals surface area contributed by atoms with E-state index in [1.165, 1.54) is 24.1 Å². The first kappa shape index (κ1) is 12.0. The number of nitrogens with one attached hydrogen (secondary N) is 2. The molecule has 17 heavy (non-hydrogen) atoms. The van der Waals surface area contributed by atoms with Gasteiger partial charge in [0, 0.05) is 25.2 Å². The van der Waals surface area contributed by atoms with Crippen LogP contribution in [0.25, 0.3) is 0 Å². The van der Waals surface area contributed by atoms with Crippen LogP contribution in [0.1, 0.15) is 31.2 Å². The van der Waals surface area contributed by atoms with Crippen molar-refractivity contribution in [1.82, 2.24) is 5.32 Å². The zero-order valence-electron chi connectivity index (χ0n) is 10.2. The molecule has 2 N–H and O–H groups in total. The number of amides is 1. The number of benzene rings is 1. The van der Waals surface area contributed by atoms with E-state index in [4.69, 9.17) is 0 Å². The quantitative estimate of drug-likeness (QED) is 0.721. The SMILES string of the molecule is O=C1CCCCN1.c1ccc2c(c1)CCCN2. The largest absolute Gasteiger partial charge is 0.385 e. The summed E-state index contributed by atoms with van der Waals surface area (Å²) in [5, 5.41) is 6.11. The first-order chi connectivity index (χ1) is 8.36. The van der Waals surface area contributed by atoms with Crippen LogP contribution in [-0.2, 0) is 11.2 Å². The van der Waals surface area contributed by atoms with Gasteiger partial charge in [0.15, 0.2) is 0 Å². The molecule has 2 heterocycles. The molecule has 0 atom stereocenters. The predicted octanol–water partition coefficient (Wildman–Crippen LogP) is 2.33. The fourth-order valence-corrected chi connectivity index (χ4v) is 2.14. The van der Waals surface area contributed by atoms with Crippen LogP contribution in [0.5, 0.6) is 0 Å². The molecule has 0 radical (unpaired) electrons. The van der Waals surface area contributed by atoms with Crippen LogP contribution in [0.3, 0.4) is 0 Å². The average Bonchev–Trinajstić information content (AvgIpc) is 2.41. The Labute approximate surface area is 103 Å². The molecule has 0 saturated carbocycles. The van der Waals surface area contributed by atoms with Crippen molar-refractivity contribution >= 4 is 11.6 Å². The molecular formula is C14H20N2O. The third-order valence-corrected chi connectivity index (χ3v) is 3.11. The Hall–Kier alpha value is -1.51. The van der Waals surface area contributed by atoms with Crippen molar-refractivity contribution in [1.29, 1.82) is 0 Å². The lowest BCUT2D eigenvalue weighted by molar-refractivity contribution is -0.122. The summed E-state index contributed by atoms with van der Waals surface area (Å²) >= 11 is 0. The van der Waals surface area contributed by atoms with E-state index in [2.05, 4.69) is 34.9 Å². The number of rotatable bonds is 0. The van der Waals surface area contributed by atoms with Crippen molar-refractivity contribution in [2.75, 3.05) is 18.4 Å². The average molecular weight is 232 g/mol. The molecule has 0 aromatic heterocycles. The number of carbonyl (C=O) groups excluding carboxylic acids is 1. The smallest absolute Gasteiger partial charge is 0.219 e. The summed E-state index contributed by atoms with van der Waals surface area (Å²) in [5.41, 5.74) is 2.79. The van der Waals surface area contributed by atoms with Crippen molar-refractivity contribution < 1.29 is 4.79 Å². The van der Waals surface area contributed by atoms with Crippen LogP contribution in [0.15, 0.2) is 24.3 Å². The van der Waals surface area contributed by atoms with Gasteiger partial charge in [0.1, 0.15) is 0 Å². The van der Waals surface area contributed by atoms with Gasteiger partial charge in [0.05, 0.1) is 0 Å². The lowest BCUT2D eigenvalue weighted by atomic mass is 10.0. The van der Waals surface area contributed by atoms with Crippen LogP contribution in [0.4, 0.5) is 5.69 Å². The highest BCUT2D eigenvalue weighted by atomic mass is 16.1. The Morgan fingerprint density at radius 3 is 2.35 bits per heavy atom. The first-order valence-corrected chi connectivity index (χ1v) is 6.45. The summed E-state index contributed by atoms with van der Waals surface area (Å²) in [6.45, 7) is 2.02. The number of hydrogen-bond acceptors (Lipinski definition) is 2. The molecular weight excluding hydrogens is 212 g/mol. The molecule has 1 aromatic carbocycles. The van der Waals surface area contributed by atoms with Crippen LogP contribution in [0, 0.1) is 0 Å². The summed E-state index contributed by atoms with van der Waals surface area (Å²) in [4.78, 5) is 10.4. The second-order valence-corrected chi connectivity index (χ2v) is 4.49. The van der Waals surface area contributed by atoms with Gasteiger partial charge in [0.25, 0.3) is 0 Å². The number of carbonyl (C=O) groups is 1. The number of aryl methyl sites for hydroxylation is 1. The van der Waals surface area contributed by atoms with Gasteiger partial charge in [-0.2, -0.15) is 0 Å². The normalized spacial score (nSPS) is 18.0. The van der Waals surface area contributed by atoms with Crippen molar-refractivity contribution in [3.63, 3.8) is 0 Å². The second kappa shape index (κ2) is 6.28. The number of anilines is 1. The maximum absolute atomic E-state index is 10.4. The predicted molar refractivity (Wildman–Crippen MR) is 70.1 cm³/mol. The summed E-state index contributed by atoms with van der Waals surface area (Å²) in [7, 11) is 0. The molecule has 3 heteroatoms. The summed E-state index contributed by atoms with van der Waals surface area (Å²) in [5.74, 6) is 0.214. The Morgan fingerprint density at radius 1 is 0.882 bits per heavy atom. The van der Waals surface area contributed by atoms with E-state index < -0.39 is 0 Å². The third kappa shape index (κ3) is 3.77. The van der Waals surface area contributed by atoms with Crippen LogP contribution in [0.2, 0.25) is 0 Å². The zero-order chi connectivity index (χ0) is 11.9. The number of para-hydroxylation sites is 1. The van der Waals surface area contributed by atoms with Gasteiger partial charge in [-0.15, -0.1) is 0 Å². The summed E-state index contributed by atoms with van der Waals surface area (Å²) < 4.78 is 0. The molecule has 1 saturated heterocycles. The highest BCUT2D eigenvalue weighted by molar-refractivity contribution is 5.76. The molecule has 0 bridgehead atoms. The molecule has 3 nitrogen and oxygen atoms in total. The molecule has 92 valence electrons. The van der Waals surface area contributed by atoms with E-state index in [0.717, 1.165) is 32.4 Å². The van der Waals surface area contributed by atoms with Gasteiger partial charge in [0.2, 0.25) is 5.91 Å². The fraction of sp³-hybridized carbons (Fsp3) is 0.500. The van der Waals surface area contributed by atoms with Crippen LogP contribution < -0.4 is 10.6 Å². The molecule has 0 spiro atoms. The minimum absolute atomic E-state index is 0.214. The Balaban J connectivity index is 0.000000136. The van der Waals surface area contributed by atoms with Crippen molar-refractivity contribution in [3.05, 3.63) is 29.8 Å². The van der Waals surface area contributed by atoms with E-state index in [1.807, 2.05) is 0 Å². The second-order valence-electron chi connectivity index (χ2n) is 4.49. The third-order valence-electron chi connectivity index (χ3n) is 3.11. The summed E-state index contributed by atoms with van der Waals surface area (Å²) in [6.07, 6.45) is 5.48. The Kier molecular flexibility index (Phi) is 4.42. The van der Waals surface area contributed by atoms with E-state index in [1.54, 1.807) is 0 Å². The van der Waals surface area contributed by atoms with Crippen LogP contribution in [-0.4, -0.2) is 19.0 Å². The van der Waals surface area contributed by atoms with Gasteiger partial charge >= 0.3 is 0 Å². The lowest BCUT2D eigenvalue weighted by Crippen LogP contribution is -2.28. The maximum Gasteiger partial charge on any atom is 0.219 e. The molecule has 2 aliphatic rings. The highest BCUT2D eigenvalue weighted by Gasteiger charge is 2.05.